The van der Waals surface area contributed by atoms with Crippen LogP contribution in [0.3, 0.4) is 0 Å². The van der Waals surface area contributed by atoms with Gasteiger partial charge in [-0.05, 0) is 36.4 Å². The predicted molar refractivity (Wildman–Crippen MR) is 126 cm³/mol. The number of halogens is 1. The van der Waals surface area contributed by atoms with Crippen LogP contribution in [0.4, 0.5) is 0 Å². The Hall–Kier alpha value is -2.74. The second-order valence-corrected chi connectivity index (χ2v) is 8.61. The highest BCUT2D eigenvalue weighted by atomic mass is 79.9. The number of hydrogen-bond donors (Lipinski definition) is 1. The first kappa shape index (κ1) is 20.2. The number of aromatic amines is 1. The third-order valence-corrected chi connectivity index (χ3v) is 6.12. The van der Waals surface area contributed by atoms with E-state index >= 15 is 0 Å². The van der Waals surface area contributed by atoms with Gasteiger partial charge in [0.15, 0.2) is 5.78 Å². The highest BCUT2D eigenvalue weighted by Gasteiger charge is 2.19. The van der Waals surface area contributed by atoms with Crippen LogP contribution in [0.1, 0.15) is 28.2 Å². The molecule has 4 heterocycles. The molecule has 4 aromatic rings. The normalized spacial score (nSPS) is 15.4. The average molecular weight is 479 g/mol. The van der Waals surface area contributed by atoms with Crippen molar-refractivity contribution in [3.05, 3.63) is 70.2 Å². The molecule has 0 unspecified atom stereocenters. The molecule has 1 fully saturated rings. The molecule has 0 aliphatic carbocycles. The fourth-order valence-electron chi connectivity index (χ4n) is 4.03. The lowest BCUT2D eigenvalue weighted by Crippen LogP contribution is -2.37. The van der Waals surface area contributed by atoms with E-state index in [1.807, 2.05) is 65.3 Å². The number of ether oxygens (including phenoxy) is 1. The number of carbonyl (C=O) groups is 1. The van der Waals surface area contributed by atoms with Crippen molar-refractivity contribution >= 4 is 50.4 Å². The maximum atomic E-state index is 13.3. The number of ketones is 1. The van der Waals surface area contributed by atoms with E-state index in [2.05, 4.69) is 30.8 Å². The number of nitrogens with zero attached hydrogens (tertiary/aromatic N) is 3. The Morgan fingerprint density at radius 3 is 2.90 bits per heavy atom. The van der Waals surface area contributed by atoms with E-state index in [0.29, 0.717) is 6.42 Å². The molecule has 0 atom stereocenters. The summed E-state index contributed by atoms with van der Waals surface area (Å²) in [7, 11) is 0. The van der Waals surface area contributed by atoms with Gasteiger partial charge >= 0.3 is 0 Å². The van der Waals surface area contributed by atoms with Crippen LogP contribution in [0.2, 0.25) is 0 Å². The largest absolute Gasteiger partial charge is 0.379 e. The Morgan fingerprint density at radius 1 is 1.19 bits per heavy atom. The number of morpholine rings is 1. The summed E-state index contributed by atoms with van der Waals surface area (Å²) in [5.41, 5.74) is 4.24. The second-order valence-electron chi connectivity index (χ2n) is 7.70. The van der Waals surface area contributed by atoms with Gasteiger partial charge < -0.3 is 14.1 Å². The Morgan fingerprint density at radius 2 is 2.06 bits per heavy atom. The standard InChI is InChI=1S/C24H23BrN4O2/c25-17-4-6-19-21(15-17)27-20(7-5-18-16-29-9-2-1-3-23(29)26-18)24(19)22(30)8-10-28-11-13-31-14-12-28/h1-7,9,15-16,27H,8,10-14H2. The molecule has 7 heteroatoms. The van der Waals surface area contributed by atoms with Gasteiger partial charge in [-0.15, -0.1) is 0 Å². The van der Waals surface area contributed by atoms with E-state index in [1.54, 1.807) is 0 Å². The molecule has 1 saturated heterocycles. The molecule has 1 aliphatic rings. The van der Waals surface area contributed by atoms with E-state index in [4.69, 9.17) is 4.74 Å². The number of imidazole rings is 1. The summed E-state index contributed by atoms with van der Waals surface area (Å²) in [6.07, 6.45) is 8.34. The number of Topliss-reactive ketones (excluding diaryl/α,β-unsaturated/α-hetero) is 1. The molecule has 0 bridgehead atoms. The van der Waals surface area contributed by atoms with Crippen LogP contribution in [0.25, 0.3) is 28.7 Å². The van der Waals surface area contributed by atoms with Crippen LogP contribution in [-0.4, -0.2) is 57.9 Å². The van der Waals surface area contributed by atoms with Crippen molar-refractivity contribution in [1.82, 2.24) is 19.3 Å². The number of hydrogen-bond acceptors (Lipinski definition) is 4. The number of carbonyl (C=O) groups excluding carboxylic acids is 1. The predicted octanol–water partition coefficient (Wildman–Crippen LogP) is 4.65. The summed E-state index contributed by atoms with van der Waals surface area (Å²) in [5, 5.41) is 0.949. The number of nitrogens with one attached hydrogen (secondary N) is 1. The average Bonchev–Trinajstić information content (AvgIpc) is 3.37. The van der Waals surface area contributed by atoms with Gasteiger partial charge in [-0.25, -0.2) is 4.98 Å². The van der Waals surface area contributed by atoms with Crippen LogP contribution in [0, 0.1) is 0 Å². The van der Waals surface area contributed by atoms with Crippen LogP contribution >= 0.6 is 15.9 Å². The zero-order valence-electron chi connectivity index (χ0n) is 17.1. The molecule has 0 spiro atoms. The quantitative estimate of drug-likeness (QED) is 0.409. The highest BCUT2D eigenvalue weighted by Crippen LogP contribution is 2.28. The molecular weight excluding hydrogens is 456 g/mol. The van der Waals surface area contributed by atoms with E-state index in [1.165, 1.54) is 0 Å². The highest BCUT2D eigenvalue weighted by molar-refractivity contribution is 9.10. The van der Waals surface area contributed by atoms with Crippen LogP contribution in [-0.2, 0) is 4.74 Å². The van der Waals surface area contributed by atoms with Crippen molar-refractivity contribution in [3.63, 3.8) is 0 Å². The van der Waals surface area contributed by atoms with Gasteiger partial charge in [0.2, 0.25) is 0 Å². The SMILES string of the molecule is O=C(CCN1CCOCC1)c1c(C=Cc2cn3ccccc3n2)[nH]c2cc(Br)ccc12. The Labute approximate surface area is 188 Å². The number of fused-ring (bicyclic) bond motifs is 2. The number of rotatable bonds is 6. The smallest absolute Gasteiger partial charge is 0.166 e. The molecule has 1 aliphatic heterocycles. The second kappa shape index (κ2) is 8.78. The molecular formula is C24H23BrN4O2. The minimum atomic E-state index is 0.148. The van der Waals surface area contributed by atoms with E-state index < -0.39 is 0 Å². The van der Waals surface area contributed by atoms with E-state index in [0.717, 1.165) is 70.8 Å². The molecule has 1 aromatic carbocycles. The Balaban J connectivity index is 1.45. The topological polar surface area (TPSA) is 62.6 Å². The van der Waals surface area contributed by atoms with Gasteiger partial charge in [-0.1, -0.05) is 28.1 Å². The summed E-state index contributed by atoms with van der Waals surface area (Å²) < 4.78 is 8.37. The van der Waals surface area contributed by atoms with Crippen molar-refractivity contribution < 1.29 is 9.53 Å². The summed E-state index contributed by atoms with van der Waals surface area (Å²) >= 11 is 3.53. The summed E-state index contributed by atoms with van der Waals surface area (Å²) in [5.74, 6) is 0.148. The van der Waals surface area contributed by atoms with Gasteiger partial charge in [0.25, 0.3) is 0 Å². The van der Waals surface area contributed by atoms with Crippen LogP contribution in [0.5, 0.6) is 0 Å². The Bertz CT molecular complexity index is 1230. The van der Waals surface area contributed by atoms with Crippen LogP contribution in [0.15, 0.2) is 53.3 Å². The monoisotopic (exact) mass is 478 g/mol. The number of H-pyrrole nitrogens is 1. The number of pyridine rings is 1. The lowest BCUT2D eigenvalue weighted by molar-refractivity contribution is 0.0370. The minimum Gasteiger partial charge on any atom is -0.379 e. The van der Waals surface area contributed by atoms with E-state index in [9.17, 15) is 4.79 Å². The molecule has 0 radical (unpaired) electrons. The van der Waals surface area contributed by atoms with Crippen molar-refractivity contribution in [2.75, 3.05) is 32.8 Å². The van der Waals surface area contributed by atoms with Gasteiger partial charge in [0.05, 0.1) is 30.2 Å². The zero-order chi connectivity index (χ0) is 21.2. The van der Waals surface area contributed by atoms with E-state index in [-0.39, 0.29) is 5.78 Å². The first-order chi connectivity index (χ1) is 15.2. The molecule has 0 amide bonds. The molecule has 31 heavy (non-hydrogen) atoms. The fraction of sp³-hybridized carbons (Fsp3) is 0.250. The fourth-order valence-corrected chi connectivity index (χ4v) is 4.39. The molecule has 6 nitrogen and oxygen atoms in total. The Kier molecular flexibility index (Phi) is 5.72. The van der Waals surface area contributed by atoms with Crippen molar-refractivity contribution in [3.8, 4) is 0 Å². The third kappa shape index (κ3) is 4.35. The lowest BCUT2D eigenvalue weighted by atomic mass is 10.0. The molecule has 158 valence electrons. The van der Waals surface area contributed by atoms with Gasteiger partial charge in [-0.2, -0.15) is 0 Å². The van der Waals surface area contributed by atoms with Gasteiger partial charge in [0, 0.05) is 53.8 Å². The first-order valence-corrected chi connectivity index (χ1v) is 11.2. The summed E-state index contributed by atoms with van der Waals surface area (Å²) in [6.45, 7) is 4.00. The summed E-state index contributed by atoms with van der Waals surface area (Å²) in [6, 6.07) is 11.9. The lowest BCUT2D eigenvalue weighted by Gasteiger charge is -2.26. The molecule has 0 saturated carbocycles. The zero-order valence-corrected chi connectivity index (χ0v) is 18.6. The van der Waals surface area contributed by atoms with Crippen molar-refractivity contribution in [1.29, 1.82) is 0 Å². The van der Waals surface area contributed by atoms with Gasteiger partial charge in [0.1, 0.15) is 5.65 Å². The maximum Gasteiger partial charge on any atom is 0.166 e. The number of benzene rings is 1. The minimum absolute atomic E-state index is 0.148. The van der Waals surface area contributed by atoms with Gasteiger partial charge in [-0.3, -0.25) is 9.69 Å². The molecule has 1 N–H and O–H groups in total. The first-order valence-electron chi connectivity index (χ1n) is 10.4. The van der Waals surface area contributed by atoms with Crippen molar-refractivity contribution in [2.45, 2.75) is 6.42 Å². The third-order valence-electron chi connectivity index (χ3n) is 5.63. The molecule has 3 aromatic heterocycles. The molecule has 5 rings (SSSR count). The maximum absolute atomic E-state index is 13.3. The number of aromatic nitrogens is 3. The van der Waals surface area contributed by atoms with Crippen molar-refractivity contribution in [2.24, 2.45) is 0 Å². The summed E-state index contributed by atoms with van der Waals surface area (Å²) in [4.78, 5) is 23.6. The van der Waals surface area contributed by atoms with Crippen LogP contribution < -0.4 is 0 Å².